The van der Waals surface area contributed by atoms with Crippen LogP contribution in [-0.4, -0.2) is 50.2 Å². The Bertz CT molecular complexity index is 1000. The number of benzene rings is 2. The van der Waals surface area contributed by atoms with Gasteiger partial charge in [-0.2, -0.15) is 4.31 Å². The molecule has 34 heavy (non-hydrogen) atoms. The number of hydrogen-bond donors (Lipinski definition) is 3. The maximum atomic E-state index is 13.2. The van der Waals surface area contributed by atoms with Gasteiger partial charge in [-0.05, 0) is 36.9 Å². The Balaban J connectivity index is 2.22. The van der Waals surface area contributed by atoms with Crippen molar-refractivity contribution in [2.24, 2.45) is 17.4 Å². The standard InChI is InChI=1S/C25H36N4O4S/c1-20(10-8-9-15-26)25(31)28-23(16-21-11-4-2-5-12-21)17-29(18-24(27)30)34(32,33)19-22-13-6-3-7-14-22/h2-7,11-14,20,23H,8-10,15-19,26H2,1H3,(H2,27,30)(H,28,31). The van der Waals surface area contributed by atoms with E-state index in [4.69, 9.17) is 11.5 Å². The van der Waals surface area contributed by atoms with Crippen molar-refractivity contribution in [1.82, 2.24) is 9.62 Å². The topological polar surface area (TPSA) is 136 Å². The monoisotopic (exact) mass is 488 g/mol. The lowest BCUT2D eigenvalue weighted by Crippen LogP contribution is -2.50. The number of sulfonamides is 1. The van der Waals surface area contributed by atoms with Crippen molar-refractivity contribution in [3.8, 4) is 0 Å². The van der Waals surface area contributed by atoms with E-state index in [1.165, 1.54) is 0 Å². The first-order valence-corrected chi connectivity index (χ1v) is 13.2. The third-order valence-corrected chi connectivity index (χ3v) is 7.31. The third kappa shape index (κ3) is 9.62. The lowest BCUT2D eigenvalue weighted by Gasteiger charge is -2.28. The van der Waals surface area contributed by atoms with Crippen molar-refractivity contribution >= 4 is 21.8 Å². The fourth-order valence-corrected chi connectivity index (χ4v) is 5.23. The van der Waals surface area contributed by atoms with E-state index < -0.39 is 28.5 Å². The molecule has 0 aliphatic heterocycles. The van der Waals surface area contributed by atoms with Crippen LogP contribution in [0.25, 0.3) is 0 Å². The molecule has 0 bridgehead atoms. The molecule has 0 saturated carbocycles. The van der Waals surface area contributed by atoms with Gasteiger partial charge < -0.3 is 16.8 Å². The smallest absolute Gasteiger partial charge is 0.232 e. The fourth-order valence-electron chi connectivity index (χ4n) is 3.70. The van der Waals surface area contributed by atoms with E-state index in [0.29, 0.717) is 24.9 Å². The van der Waals surface area contributed by atoms with Gasteiger partial charge in [0.25, 0.3) is 0 Å². The summed E-state index contributed by atoms with van der Waals surface area (Å²) < 4.78 is 27.5. The van der Waals surface area contributed by atoms with E-state index in [2.05, 4.69) is 5.32 Å². The maximum absolute atomic E-state index is 13.2. The van der Waals surface area contributed by atoms with Gasteiger partial charge in [0, 0.05) is 18.5 Å². The number of nitrogens with one attached hydrogen (secondary N) is 1. The molecule has 0 aliphatic rings. The molecule has 2 unspecified atom stereocenters. The van der Waals surface area contributed by atoms with Gasteiger partial charge in [-0.1, -0.05) is 74.0 Å². The Morgan fingerprint density at radius 2 is 1.56 bits per heavy atom. The molecular formula is C25H36N4O4S. The van der Waals surface area contributed by atoms with Crippen LogP contribution in [0.2, 0.25) is 0 Å². The predicted molar refractivity (Wildman–Crippen MR) is 134 cm³/mol. The summed E-state index contributed by atoms with van der Waals surface area (Å²) in [5.41, 5.74) is 12.5. The summed E-state index contributed by atoms with van der Waals surface area (Å²) in [5.74, 6) is -1.41. The minimum Gasteiger partial charge on any atom is -0.369 e. The van der Waals surface area contributed by atoms with E-state index >= 15 is 0 Å². The maximum Gasteiger partial charge on any atom is 0.232 e. The van der Waals surface area contributed by atoms with Crippen LogP contribution in [0.4, 0.5) is 0 Å². The van der Waals surface area contributed by atoms with Crippen LogP contribution in [0.3, 0.4) is 0 Å². The first-order chi connectivity index (χ1) is 16.2. The molecular weight excluding hydrogens is 452 g/mol. The van der Waals surface area contributed by atoms with Crippen LogP contribution in [0, 0.1) is 5.92 Å². The zero-order valence-electron chi connectivity index (χ0n) is 19.7. The van der Waals surface area contributed by atoms with Crippen LogP contribution in [0.1, 0.15) is 37.3 Å². The molecule has 0 spiro atoms. The van der Waals surface area contributed by atoms with Crippen LogP contribution >= 0.6 is 0 Å². The second-order valence-corrected chi connectivity index (χ2v) is 10.6. The molecule has 9 heteroatoms. The molecule has 2 atom stereocenters. The highest BCUT2D eigenvalue weighted by Gasteiger charge is 2.29. The number of carbonyl (C=O) groups excluding carboxylic acids is 2. The SMILES string of the molecule is CC(CCCCN)C(=O)NC(Cc1ccccc1)CN(CC(N)=O)S(=O)(=O)Cc1ccccc1. The Morgan fingerprint density at radius 1 is 0.971 bits per heavy atom. The van der Waals surface area contributed by atoms with Crippen molar-refractivity contribution in [2.75, 3.05) is 19.6 Å². The van der Waals surface area contributed by atoms with E-state index in [1.807, 2.05) is 37.3 Å². The van der Waals surface area contributed by atoms with Crippen molar-refractivity contribution in [2.45, 2.75) is 44.4 Å². The number of amides is 2. The summed E-state index contributed by atoms with van der Waals surface area (Å²) in [6.07, 6.45) is 2.79. The summed E-state index contributed by atoms with van der Waals surface area (Å²) in [6.45, 7) is 1.90. The fraction of sp³-hybridized carbons (Fsp3) is 0.440. The van der Waals surface area contributed by atoms with E-state index in [-0.39, 0.29) is 24.1 Å². The van der Waals surface area contributed by atoms with Crippen molar-refractivity contribution in [3.05, 3.63) is 71.8 Å². The van der Waals surface area contributed by atoms with Gasteiger partial charge in [0.15, 0.2) is 0 Å². The lowest BCUT2D eigenvalue weighted by atomic mass is 10.0. The molecule has 0 fully saturated rings. The molecule has 0 radical (unpaired) electrons. The number of carbonyl (C=O) groups is 2. The lowest BCUT2D eigenvalue weighted by molar-refractivity contribution is -0.125. The number of unbranched alkanes of at least 4 members (excludes halogenated alkanes) is 1. The third-order valence-electron chi connectivity index (χ3n) is 5.55. The first-order valence-electron chi connectivity index (χ1n) is 11.6. The number of rotatable bonds is 15. The largest absolute Gasteiger partial charge is 0.369 e. The number of nitrogens with zero attached hydrogens (tertiary/aromatic N) is 1. The molecule has 186 valence electrons. The summed E-state index contributed by atoms with van der Waals surface area (Å²) >= 11 is 0. The van der Waals surface area contributed by atoms with Gasteiger partial charge in [-0.3, -0.25) is 9.59 Å². The van der Waals surface area contributed by atoms with Gasteiger partial charge in [0.2, 0.25) is 21.8 Å². The highest BCUT2D eigenvalue weighted by atomic mass is 32.2. The minimum absolute atomic E-state index is 0.0612. The molecule has 2 rings (SSSR count). The quantitative estimate of drug-likeness (QED) is 0.329. The Kier molecular flexibility index (Phi) is 11.2. The van der Waals surface area contributed by atoms with E-state index in [0.717, 1.165) is 22.7 Å². The summed E-state index contributed by atoms with van der Waals surface area (Å²) in [4.78, 5) is 24.6. The molecule has 5 N–H and O–H groups in total. The molecule has 2 aromatic carbocycles. The molecule has 8 nitrogen and oxygen atoms in total. The zero-order chi connectivity index (χ0) is 25.0. The minimum atomic E-state index is -3.86. The second kappa shape index (κ2) is 13.8. The van der Waals surface area contributed by atoms with Gasteiger partial charge in [0.1, 0.15) is 0 Å². The molecule has 0 aliphatic carbocycles. The molecule has 2 amide bonds. The number of hydrogen-bond acceptors (Lipinski definition) is 5. The van der Waals surface area contributed by atoms with E-state index in [1.54, 1.807) is 30.3 Å². The Labute approximate surface area is 202 Å². The molecule has 0 heterocycles. The summed E-state index contributed by atoms with van der Waals surface area (Å²) in [5, 5.41) is 3.00. The van der Waals surface area contributed by atoms with Crippen molar-refractivity contribution in [3.63, 3.8) is 0 Å². The molecule has 0 saturated heterocycles. The van der Waals surface area contributed by atoms with Crippen molar-refractivity contribution < 1.29 is 18.0 Å². The Morgan fingerprint density at radius 3 is 2.12 bits per heavy atom. The van der Waals surface area contributed by atoms with Crippen LogP contribution < -0.4 is 16.8 Å². The van der Waals surface area contributed by atoms with Crippen molar-refractivity contribution in [1.29, 1.82) is 0 Å². The molecule has 2 aromatic rings. The van der Waals surface area contributed by atoms with Crippen LogP contribution in [-0.2, 0) is 31.8 Å². The second-order valence-electron chi connectivity index (χ2n) is 8.58. The summed E-state index contributed by atoms with van der Waals surface area (Å²) in [6, 6.07) is 17.7. The predicted octanol–water partition coefficient (Wildman–Crippen LogP) is 1.80. The van der Waals surface area contributed by atoms with Gasteiger partial charge in [-0.25, -0.2) is 8.42 Å². The van der Waals surface area contributed by atoms with E-state index in [9.17, 15) is 18.0 Å². The van der Waals surface area contributed by atoms with Gasteiger partial charge in [0.05, 0.1) is 12.3 Å². The normalized spacial score (nSPS) is 13.4. The van der Waals surface area contributed by atoms with Crippen LogP contribution in [0.15, 0.2) is 60.7 Å². The average Bonchev–Trinajstić information content (AvgIpc) is 2.79. The highest BCUT2D eigenvalue weighted by molar-refractivity contribution is 7.88. The molecule has 0 aromatic heterocycles. The zero-order valence-corrected chi connectivity index (χ0v) is 20.5. The Hall–Kier alpha value is -2.75. The number of nitrogens with two attached hydrogens (primary N) is 2. The number of primary amides is 1. The van der Waals surface area contributed by atoms with Gasteiger partial charge >= 0.3 is 0 Å². The first kappa shape index (κ1) is 27.5. The average molecular weight is 489 g/mol. The van der Waals surface area contributed by atoms with Crippen LogP contribution in [0.5, 0.6) is 0 Å². The van der Waals surface area contributed by atoms with Gasteiger partial charge in [-0.15, -0.1) is 0 Å². The highest BCUT2D eigenvalue weighted by Crippen LogP contribution is 2.15. The summed E-state index contributed by atoms with van der Waals surface area (Å²) in [7, 11) is -3.86.